The zero-order chi connectivity index (χ0) is 14.4. The second kappa shape index (κ2) is 4.48. The van der Waals surface area contributed by atoms with Gasteiger partial charge in [-0.05, 0) is 42.3 Å². The monoisotopic (exact) mass is 275 g/mol. The van der Waals surface area contributed by atoms with Crippen LogP contribution in [0.15, 0.2) is 48.5 Å². The second-order valence-corrected chi connectivity index (χ2v) is 5.68. The molecule has 0 spiro atoms. The Morgan fingerprint density at radius 1 is 1.00 bits per heavy atom. The van der Waals surface area contributed by atoms with Gasteiger partial charge in [-0.15, -0.1) is 0 Å². The van der Waals surface area contributed by atoms with Crippen molar-refractivity contribution in [3.05, 3.63) is 65.4 Å². The highest BCUT2D eigenvalue weighted by atomic mass is 15.1. The van der Waals surface area contributed by atoms with Crippen LogP contribution in [0.4, 0.5) is 11.4 Å². The molecule has 2 N–H and O–H groups in total. The van der Waals surface area contributed by atoms with Crippen LogP contribution in [0.2, 0.25) is 0 Å². The number of rotatable bonds is 1. The zero-order valence-corrected chi connectivity index (χ0v) is 12.0. The number of fused-ring (bicyclic) bond motifs is 2. The van der Waals surface area contributed by atoms with E-state index in [-0.39, 0.29) is 0 Å². The Kier molecular flexibility index (Phi) is 2.61. The summed E-state index contributed by atoms with van der Waals surface area (Å²) >= 11 is 0. The molecule has 0 fully saturated rings. The van der Waals surface area contributed by atoms with E-state index in [0.717, 1.165) is 35.4 Å². The SMILES string of the molecule is Cc1cc(N2Cc3ccccc3C2)c2cc(N)ccc2n1. The molecule has 21 heavy (non-hydrogen) atoms. The van der Waals surface area contributed by atoms with Crippen molar-refractivity contribution < 1.29 is 0 Å². The lowest BCUT2D eigenvalue weighted by molar-refractivity contribution is 0.883. The topological polar surface area (TPSA) is 42.1 Å². The van der Waals surface area contributed by atoms with Crippen molar-refractivity contribution in [1.29, 1.82) is 0 Å². The van der Waals surface area contributed by atoms with E-state index in [2.05, 4.69) is 40.2 Å². The molecule has 0 radical (unpaired) electrons. The molecule has 3 nitrogen and oxygen atoms in total. The van der Waals surface area contributed by atoms with Crippen LogP contribution in [0.25, 0.3) is 10.9 Å². The molecule has 1 aromatic heterocycles. The Balaban J connectivity index is 1.86. The van der Waals surface area contributed by atoms with Crippen molar-refractivity contribution in [2.45, 2.75) is 20.0 Å². The molecule has 2 heterocycles. The van der Waals surface area contributed by atoms with E-state index < -0.39 is 0 Å². The Labute approximate surface area is 124 Å². The maximum absolute atomic E-state index is 5.97. The highest BCUT2D eigenvalue weighted by Crippen LogP contribution is 2.34. The summed E-state index contributed by atoms with van der Waals surface area (Å²) in [6, 6.07) is 16.7. The first-order chi connectivity index (χ1) is 10.2. The molecule has 0 amide bonds. The zero-order valence-electron chi connectivity index (χ0n) is 12.0. The summed E-state index contributed by atoms with van der Waals surface area (Å²) < 4.78 is 0. The van der Waals surface area contributed by atoms with E-state index in [4.69, 9.17) is 5.73 Å². The van der Waals surface area contributed by atoms with Crippen molar-refractivity contribution in [1.82, 2.24) is 4.98 Å². The number of anilines is 2. The summed E-state index contributed by atoms with van der Waals surface area (Å²) in [5, 5.41) is 1.13. The highest BCUT2D eigenvalue weighted by molar-refractivity contribution is 5.94. The molecule has 0 saturated heterocycles. The van der Waals surface area contributed by atoms with Crippen molar-refractivity contribution in [2.24, 2.45) is 0 Å². The van der Waals surface area contributed by atoms with E-state index in [9.17, 15) is 0 Å². The third-order valence-electron chi connectivity index (χ3n) is 4.12. The molecule has 1 aliphatic heterocycles. The molecule has 0 saturated carbocycles. The van der Waals surface area contributed by atoms with Gasteiger partial charge in [0.25, 0.3) is 0 Å². The van der Waals surface area contributed by atoms with Gasteiger partial charge >= 0.3 is 0 Å². The van der Waals surface area contributed by atoms with E-state index in [1.54, 1.807) is 0 Å². The molecule has 0 bridgehead atoms. The quantitative estimate of drug-likeness (QED) is 0.689. The van der Waals surface area contributed by atoms with Gasteiger partial charge in [0.1, 0.15) is 0 Å². The number of benzene rings is 2. The van der Waals surface area contributed by atoms with E-state index >= 15 is 0 Å². The summed E-state index contributed by atoms with van der Waals surface area (Å²) in [6.45, 7) is 3.94. The summed E-state index contributed by atoms with van der Waals surface area (Å²) in [6.07, 6.45) is 0. The van der Waals surface area contributed by atoms with E-state index in [1.807, 2.05) is 25.1 Å². The average Bonchev–Trinajstić information content (AvgIpc) is 2.90. The Hall–Kier alpha value is -2.55. The van der Waals surface area contributed by atoms with Crippen LogP contribution in [-0.4, -0.2) is 4.98 Å². The van der Waals surface area contributed by atoms with Crippen molar-refractivity contribution >= 4 is 22.3 Å². The van der Waals surface area contributed by atoms with Gasteiger partial charge in [0.15, 0.2) is 0 Å². The summed E-state index contributed by atoms with van der Waals surface area (Å²) in [4.78, 5) is 7.02. The highest BCUT2D eigenvalue weighted by Gasteiger charge is 2.20. The van der Waals surface area contributed by atoms with E-state index in [1.165, 1.54) is 16.8 Å². The third-order valence-corrected chi connectivity index (χ3v) is 4.12. The normalized spacial score (nSPS) is 13.7. The van der Waals surface area contributed by atoms with Gasteiger partial charge in [0, 0.05) is 35.5 Å². The van der Waals surface area contributed by atoms with Gasteiger partial charge in [-0.2, -0.15) is 0 Å². The van der Waals surface area contributed by atoms with Crippen LogP contribution < -0.4 is 10.6 Å². The molecule has 1 aliphatic rings. The van der Waals surface area contributed by atoms with Crippen molar-refractivity contribution in [2.75, 3.05) is 10.6 Å². The average molecular weight is 275 g/mol. The first kappa shape index (κ1) is 12.2. The number of nitrogens with zero attached hydrogens (tertiary/aromatic N) is 2. The molecule has 0 atom stereocenters. The molecule has 4 rings (SSSR count). The Bertz CT molecular complexity index is 814. The van der Waals surface area contributed by atoms with Crippen LogP contribution in [0, 0.1) is 6.92 Å². The predicted octanol–water partition coefficient (Wildman–Crippen LogP) is 3.65. The van der Waals surface area contributed by atoms with Crippen LogP contribution in [0.1, 0.15) is 16.8 Å². The lowest BCUT2D eigenvalue weighted by Gasteiger charge is -2.20. The number of nitrogens with two attached hydrogens (primary N) is 1. The van der Waals surface area contributed by atoms with Gasteiger partial charge < -0.3 is 10.6 Å². The smallest absolute Gasteiger partial charge is 0.0727 e. The van der Waals surface area contributed by atoms with Crippen LogP contribution in [-0.2, 0) is 13.1 Å². The van der Waals surface area contributed by atoms with Gasteiger partial charge in [0.2, 0.25) is 0 Å². The van der Waals surface area contributed by atoms with Crippen LogP contribution in [0.5, 0.6) is 0 Å². The fourth-order valence-electron chi connectivity index (χ4n) is 3.12. The maximum atomic E-state index is 5.97. The first-order valence-corrected chi connectivity index (χ1v) is 7.19. The number of hydrogen-bond acceptors (Lipinski definition) is 3. The van der Waals surface area contributed by atoms with Crippen molar-refractivity contribution in [3.63, 3.8) is 0 Å². The summed E-state index contributed by atoms with van der Waals surface area (Å²) in [5.74, 6) is 0. The molecule has 3 heteroatoms. The molecular formula is C18H17N3. The number of aromatic nitrogens is 1. The largest absolute Gasteiger partial charge is 0.399 e. The van der Waals surface area contributed by atoms with Gasteiger partial charge in [-0.25, -0.2) is 0 Å². The minimum Gasteiger partial charge on any atom is -0.399 e. The Morgan fingerprint density at radius 2 is 1.71 bits per heavy atom. The minimum absolute atomic E-state index is 0.783. The number of pyridine rings is 1. The number of nitrogen functional groups attached to an aromatic ring is 1. The van der Waals surface area contributed by atoms with E-state index in [0.29, 0.717) is 0 Å². The van der Waals surface area contributed by atoms with Crippen molar-refractivity contribution in [3.8, 4) is 0 Å². The minimum atomic E-state index is 0.783. The fourth-order valence-corrected chi connectivity index (χ4v) is 3.12. The lowest BCUT2D eigenvalue weighted by atomic mass is 10.1. The fraction of sp³-hybridized carbons (Fsp3) is 0.167. The first-order valence-electron chi connectivity index (χ1n) is 7.19. The van der Waals surface area contributed by atoms with Gasteiger partial charge in [-0.3, -0.25) is 4.98 Å². The summed E-state index contributed by atoms with van der Waals surface area (Å²) in [7, 11) is 0. The molecule has 3 aromatic rings. The molecule has 0 aliphatic carbocycles. The lowest BCUT2D eigenvalue weighted by Crippen LogP contribution is -2.15. The van der Waals surface area contributed by atoms with Gasteiger partial charge in [0.05, 0.1) is 5.52 Å². The predicted molar refractivity (Wildman–Crippen MR) is 87.2 cm³/mol. The molecular weight excluding hydrogens is 258 g/mol. The molecule has 2 aromatic carbocycles. The third kappa shape index (κ3) is 2.02. The Morgan fingerprint density at radius 3 is 2.43 bits per heavy atom. The second-order valence-electron chi connectivity index (χ2n) is 5.68. The summed E-state index contributed by atoms with van der Waals surface area (Å²) in [5.41, 5.74) is 12.8. The molecule has 0 unspecified atom stereocenters. The maximum Gasteiger partial charge on any atom is 0.0727 e. The van der Waals surface area contributed by atoms with Gasteiger partial charge in [-0.1, -0.05) is 24.3 Å². The molecule has 104 valence electrons. The number of hydrogen-bond donors (Lipinski definition) is 1. The van der Waals surface area contributed by atoms with Crippen LogP contribution in [0.3, 0.4) is 0 Å². The number of aryl methyl sites for hydroxylation is 1. The van der Waals surface area contributed by atoms with Crippen LogP contribution >= 0.6 is 0 Å². The standard InChI is InChI=1S/C18H17N3/c1-12-8-18(16-9-15(19)6-7-17(16)20-12)21-10-13-4-2-3-5-14(13)11-21/h2-9H,10-11,19H2,1H3.